The number of rotatable bonds is 5. The fraction of sp³-hybridized carbons (Fsp3) is 0.375. The quantitative estimate of drug-likeness (QED) is 0.839. The van der Waals surface area contributed by atoms with Crippen molar-refractivity contribution in [1.82, 2.24) is 9.97 Å². The van der Waals surface area contributed by atoms with Crippen LogP contribution in [0.1, 0.15) is 30.3 Å². The molecule has 0 aliphatic carbocycles. The molecule has 1 aromatic carbocycles. The lowest BCUT2D eigenvalue weighted by Crippen LogP contribution is -2.18. The average molecular weight is 290 g/mol. The summed E-state index contributed by atoms with van der Waals surface area (Å²) in [5.41, 5.74) is 2.26. The van der Waals surface area contributed by atoms with Crippen molar-refractivity contribution in [2.75, 3.05) is 5.32 Å². The van der Waals surface area contributed by atoms with Gasteiger partial charge in [0, 0.05) is 11.6 Å². The second-order valence-electron chi connectivity index (χ2n) is 5.10. The molecule has 2 aromatic rings. The van der Waals surface area contributed by atoms with E-state index >= 15 is 0 Å². The molecule has 0 radical (unpaired) electrons. The SMILES string of the molecule is Cc1nc(Cl)c(C)c(NC(C)CCc2ccccc2)n1. The molecule has 0 saturated carbocycles. The zero-order chi connectivity index (χ0) is 14.5. The standard InChI is InChI=1S/C16H20ClN3/c1-11(9-10-14-7-5-4-6-8-14)18-16-12(2)15(17)19-13(3)20-16/h4-8,11H,9-10H2,1-3H3,(H,18,19,20). The van der Waals surface area contributed by atoms with Crippen molar-refractivity contribution < 1.29 is 0 Å². The highest BCUT2D eigenvalue weighted by atomic mass is 35.5. The first kappa shape index (κ1) is 14.8. The van der Waals surface area contributed by atoms with Crippen LogP contribution >= 0.6 is 11.6 Å². The molecule has 20 heavy (non-hydrogen) atoms. The van der Waals surface area contributed by atoms with E-state index in [1.807, 2.05) is 19.9 Å². The van der Waals surface area contributed by atoms with Crippen molar-refractivity contribution in [2.45, 2.75) is 39.7 Å². The molecule has 0 bridgehead atoms. The Kier molecular flexibility index (Phi) is 4.96. The predicted molar refractivity (Wildman–Crippen MR) is 84.4 cm³/mol. The minimum atomic E-state index is 0.333. The van der Waals surface area contributed by atoms with Crippen LogP contribution in [0.4, 0.5) is 5.82 Å². The van der Waals surface area contributed by atoms with Gasteiger partial charge in [-0.05, 0) is 39.2 Å². The molecule has 0 spiro atoms. The summed E-state index contributed by atoms with van der Waals surface area (Å²) in [6.45, 7) is 5.95. The Morgan fingerprint density at radius 3 is 2.55 bits per heavy atom. The van der Waals surface area contributed by atoms with E-state index in [1.165, 1.54) is 5.56 Å². The molecule has 2 rings (SSSR count). The first-order chi connectivity index (χ1) is 9.56. The summed E-state index contributed by atoms with van der Waals surface area (Å²) in [4.78, 5) is 8.57. The molecule has 0 amide bonds. The van der Waals surface area contributed by atoms with Gasteiger partial charge < -0.3 is 5.32 Å². The Hall–Kier alpha value is -1.61. The van der Waals surface area contributed by atoms with Gasteiger partial charge in [0.05, 0.1) is 0 Å². The second kappa shape index (κ2) is 6.71. The van der Waals surface area contributed by atoms with Gasteiger partial charge >= 0.3 is 0 Å². The molecule has 3 nitrogen and oxygen atoms in total. The molecule has 106 valence electrons. The second-order valence-corrected chi connectivity index (χ2v) is 5.46. The van der Waals surface area contributed by atoms with Crippen LogP contribution < -0.4 is 5.32 Å². The van der Waals surface area contributed by atoms with Gasteiger partial charge in [0.15, 0.2) is 0 Å². The molecular weight excluding hydrogens is 270 g/mol. The van der Waals surface area contributed by atoms with Crippen molar-refractivity contribution in [3.8, 4) is 0 Å². The summed E-state index contributed by atoms with van der Waals surface area (Å²) < 4.78 is 0. The van der Waals surface area contributed by atoms with Gasteiger partial charge in [0.1, 0.15) is 16.8 Å². The highest BCUT2D eigenvalue weighted by molar-refractivity contribution is 6.30. The predicted octanol–water partition coefficient (Wildman–Crippen LogP) is 4.18. The van der Waals surface area contributed by atoms with Crippen LogP contribution in [-0.2, 0) is 6.42 Å². The van der Waals surface area contributed by atoms with Gasteiger partial charge in [-0.1, -0.05) is 41.9 Å². The largest absolute Gasteiger partial charge is 0.367 e. The van der Waals surface area contributed by atoms with Crippen molar-refractivity contribution >= 4 is 17.4 Å². The van der Waals surface area contributed by atoms with E-state index in [-0.39, 0.29) is 0 Å². The van der Waals surface area contributed by atoms with E-state index in [4.69, 9.17) is 11.6 Å². The molecule has 1 unspecified atom stereocenters. The summed E-state index contributed by atoms with van der Waals surface area (Å²) in [5, 5.41) is 3.95. The maximum atomic E-state index is 6.08. The fourth-order valence-electron chi connectivity index (χ4n) is 2.07. The number of aromatic nitrogens is 2. The van der Waals surface area contributed by atoms with Gasteiger partial charge in [-0.25, -0.2) is 9.97 Å². The third-order valence-corrected chi connectivity index (χ3v) is 3.66. The Morgan fingerprint density at radius 1 is 1.15 bits per heavy atom. The summed E-state index contributed by atoms with van der Waals surface area (Å²) in [5.74, 6) is 1.53. The number of benzene rings is 1. The average Bonchev–Trinajstić information content (AvgIpc) is 2.43. The van der Waals surface area contributed by atoms with Gasteiger partial charge in [0.2, 0.25) is 0 Å². The van der Waals surface area contributed by atoms with E-state index in [1.54, 1.807) is 0 Å². The number of hydrogen-bond donors (Lipinski definition) is 1. The van der Waals surface area contributed by atoms with Crippen LogP contribution in [0, 0.1) is 13.8 Å². The van der Waals surface area contributed by atoms with Crippen LogP contribution in [0.3, 0.4) is 0 Å². The summed E-state index contributed by atoms with van der Waals surface area (Å²) >= 11 is 6.08. The van der Waals surface area contributed by atoms with Crippen LogP contribution in [0.5, 0.6) is 0 Å². The minimum Gasteiger partial charge on any atom is -0.367 e. The number of aryl methyl sites for hydroxylation is 2. The molecule has 1 N–H and O–H groups in total. The highest BCUT2D eigenvalue weighted by Crippen LogP contribution is 2.21. The van der Waals surface area contributed by atoms with Crippen LogP contribution in [0.2, 0.25) is 5.15 Å². The van der Waals surface area contributed by atoms with Gasteiger partial charge in [0.25, 0.3) is 0 Å². The van der Waals surface area contributed by atoms with Crippen LogP contribution in [0.15, 0.2) is 30.3 Å². The first-order valence-electron chi connectivity index (χ1n) is 6.87. The zero-order valence-electron chi connectivity index (χ0n) is 12.2. The number of nitrogens with one attached hydrogen (secondary N) is 1. The maximum absolute atomic E-state index is 6.08. The molecule has 0 aliphatic heterocycles. The first-order valence-corrected chi connectivity index (χ1v) is 7.25. The van der Waals surface area contributed by atoms with E-state index in [9.17, 15) is 0 Å². The Morgan fingerprint density at radius 2 is 1.85 bits per heavy atom. The van der Waals surface area contributed by atoms with Gasteiger partial charge in [-0.2, -0.15) is 0 Å². The number of halogens is 1. The number of anilines is 1. The zero-order valence-corrected chi connectivity index (χ0v) is 12.9. The van der Waals surface area contributed by atoms with Crippen molar-refractivity contribution in [3.63, 3.8) is 0 Å². The molecule has 1 heterocycles. The molecule has 1 atom stereocenters. The smallest absolute Gasteiger partial charge is 0.137 e. The lowest BCUT2D eigenvalue weighted by molar-refractivity contribution is 0.701. The number of nitrogens with zero attached hydrogens (tertiary/aromatic N) is 2. The molecule has 0 saturated heterocycles. The molecule has 0 aliphatic rings. The Bertz CT molecular complexity index is 569. The molecular formula is C16H20ClN3. The van der Waals surface area contributed by atoms with E-state index < -0.39 is 0 Å². The molecule has 1 aromatic heterocycles. The molecule has 0 fully saturated rings. The maximum Gasteiger partial charge on any atom is 0.137 e. The van der Waals surface area contributed by atoms with E-state index in [0.717, 1.165) is 24.2 Å². The molecule has 4 heteroatoms. The van der Waals surface area contributed by atoms with Crippen LogP contribution in [0.25, 0.3) is 0 Å². The minimum absolute atomic E-state index is 0.333. The van der Waals surface area contributed by atoms with E-state index in [0.29, 0.717) is 17.0 Å². The van der Waals surface area contributed by atoms with Crippen molar-refractivity contribution in [1.29, 1.82) is 0 Å². The lowest BCUT2D eigenvalue weighted by atomic mass is 10.1. The topological polar surface area (TPSA) is 37.8 Å². The monoisotopic (exact) mass is 289 g/mol. The van der Waals surface area contributed by atoms with Crippen molar-refractivity contribution in [3.05, 3.63) is 52.4 Å². The lowest BCUT2D eigenvalue weighted by Gasteiger charge is -2.17. The van der Waals surface area contributed by atoms with Gasteiger partial charge in [-0.3, -0.25) is 0 Å². The third kappa shape index (κ3) is 3.94. The van der Waals surface area contributed by atoms with Crippen molar-refractivity contribution in [2.24, 2.45) is 0 Å². The Balaban J connectivity index is 1.96. The van der Waals surface area contributed by atoms with Gasteiger partial charge in [-0.15, -0.1) is 0 Å². The fourth-order valence-corrected chi connectivity index (χ4v) is 2.28. The van der Waals surface area contributed by atoms with E-state index in [2.05, 4.69) is 46.5 Å². The Labute approximate surface area is 125 Å². The third-order valence-electron chi connectivity index (χ3n) is 3.29. The summed E-state index contributed by atoms with van der Waals surface area (Å²) in [6, 6.07) is 10.8. The normalized spacial score (nSPS) is 12.2. The summed E-state index contributed by atoms with van der Waals surface area (Å²) in [7, 11) is 0. The summed E-state index contributed by atoms with van der Waals surface area (Å²) in [6.07, 6.45) is 2.09. The number of hydrogen-bond acceptors (Lipinski definition) is 3. The highest BCUT2D eigenvalue weighted by Gasteiger charge is 2.10. The van der Waals surface area contributed by atoms with Crippen LogP contribution in [-0.4, -0.2) is 16.0 Å².